The van der Waals surface area contributed by atoms with Crippen molar-refractivity contribution in [2.75, 3.05) is 13.2 Å². The van der Waals surface area contributed by atoms with Gasteiger partial charge in [-0.1, -0.05) is 32.9 Å². The van der Waals surface area contributed by atoms with E-state index >= 15 is 0 Å². The third kappa shape index (κ3) is 4.81. The molecule has 152 valence electrons. The summed E-state index contributed by atoms with van der Waals surface area (Å²) in [5.41, 5.74) is 6.48. The molecule has 0 saturated heterocycles. The number of amides is 2. The van der Waals surface area contributed by atoms with E-state index in [1.807, 2.05) is 39.8 Å². The molecule has 7 heteroatoms. The first-order chi connectivity index (χ1) is 12.3. The highest BCUT2D eigenvalue weighted by Gasteiger charge is 2.62. The van der Waals surface area contributed by atoms with E-state index in [9.17, 15) is 9.59 Å². The van der Waals surface area contributed by atoms with E-state index in [4.69, 9.17) is 10.5 Å². The van der Waals surface area contributed by atoms with Gasteiger partial charge in [0, 0.05) is 37.1 Å². The van der Waals surface area contributed by atoms with Crippen molar-refractivity contribution in [3.05, 3.63) is 35.4 Å². The van der Waals surface area contributed by atoms with Crippen LogP contribution < -0.4 is 16.4 Å². The predicted octanol–water partition coefficient (Wildman–Crippen LogP) is 2.40. The lowest BCUT2D eigenvalue weighted by atomic mass is 9.54. The molecule has 6 nitrogen and oxygen atoms in total. The molecule has 0 radical (unpaired) electrons. The third-order valence-corrected chi connectivity index (χ3v) is 5.41. The maximum atomic E-state index is 12.7. The Balaban J connectivity index is 0.00000364. The second-order valence-corrected chi connectivity index (χ2v) is 7.48. The van der Waals surface area contributed by atoms with Crippen LogP contribution in [0.15, 0.2) is 24.3 Å². The van der Waals surface area contributed by atoms with Crippen molar-refractivity contribution in [1.82, 2.24) is 10.6 Å². The fraction of sp³-hybridized carbons (Fsp3) is 0.600. The van der Waals surface area contributed by atoms with Crippen molar-refractivity contribution >= 4 is 24.2 Å². The van der Waals surface area contributed by atoms with Crippen LogP contribution in [0.4, 0.5) is 0 Å². The van der Waals surface area contributed by atoms with E-state index in [0.717, 1.165) is 12.0 Å². The average molecular weight is 398 g/mol. The van der Waals surface area contributed by atoms with Gasteiger partial charge >= 0.3 is 0 Å². The molecule has 1 aliphatic rings. The maximum Gasteiger partial charge on any atom is 0.251 e. The summed E-state index contributed by atoms with van der Waals surface area (Å²) in [6, 6.07) is 7.26. The Morgan fingerprint density at radius 1 is 1.26 bits per heavy atom. The van der Waals surface area contributed by atoms with Gasteiger partial charge in [-0.3, -0.25) is 9.59 Å². The minimum Gasteiger partial charge on any atom is -0.378 e. The predicted molar refractivity (Wildman–Crippen MR) is 109 cm³/mol. The van der Waals surface area contributed by atoms with Crippen LogP contribution in [0.1, 0.15) is 56.5 Å². The minimum atomic E-state index is -0.942. The molecule has 1 aromatic rings. The van der Waals surface area contributed by atoms with Crippen LogP contribution in [0.5, 0.6) is 0 Å². The van der Waals surface area contributed by atoms with Gasteiger partial charge in [-0.15, -0.1) is 12.4 Å². The van der Waals surface area contributed by atoms with Crippen LogP contribution in [0.25, 0.3) is 0 Å². The van der Waals surface area contributed by atoms with E-state index in [0.29, 0.717) is 31.7 Å². The zero-order valence-corrected chi connectivity index (χ0v) is 17.4. The summed E-state index contributed by atoms with van der Waals surface area (Å²) in [5, 5.41) is 5.77. The Labute approximate surface area is 168 Å². The number of hydrogen-bond acceptors (Lipinski definition) is 4. The van der Waals surface area contributed by atoms with Crippen LogP contribution in [-0.2, 0) is 16.1 Å². The molecule has 0 aromatic heterocycles. The first-order valence-electron chi connectivity index (χ1n) is 9.32. The van der Waals surface area contributed by atoms with E-state index in [1.165, 1.54) is 0 Å². The normalized spacial score (nSPS) is 22.9. The highest BCUT2D eigenvalue weighted by atomic mass is 35.5. The van der Waals surface area contributed by atoms with E-state index in [2.05, 4.69) is 10.6 Å². The smallest absolute Gasteiger partial charge is 0.251 e. The zero-order chi connectivity index (χ0) is 19.4. The molecule has 2 amide bonds. The SMILES string of the molecule is CCCNC(=O)c1cccc(CNC(=O)C2(N)CC(OCC)C2(C)C)c1.Cl. The molecule has 0 spiro atoms. The van der Waals surface area contributed by atoms with Crippen molar-refractivity contribution in [1.29, 1.82) is 0 Å². The molecular formula is C20H32ClN3O3. The van der Waals surface area contributed by atoms with Gasteiger partial charge in [0.15, 0.2) is 0 Å². The molecule has 2 rings (SSSR count). The van der Waals surface area contributed by atoms with Crippen molar-refractivity contribution in [2.45, 2.75) is 58.7 Å². The molecule has 0 bridgehead atoms. The average Bonchev–Trinajstić information content (AvgIpc) is 2.63. The quantitative estimate of drug-likeness (QED) is 0.627. The van der Waals surface area contributed by atoms with Gasteiger partial charge in [0.1, 0.15) is 5.54 Å². The van der Waals surface area contributed by atoms with Gasteiger partial charge in [0.25, 0.3) is 5.91 Å². The lowest BCUT2D eigenvalue weighted by molar-refractivity contribution is -0.170. The Kier molecular flexibility index (Phi) is 8.26. The van der Waals surface area contributed by atoms with Gasteiger partial charge in [-0.05, 0) is 31.0 Å². The first-order valence-corrected chi connectivity index (χ1v) is 9.32. The summed E-state index contributed by atoms with van der Waals surface area (Å²) in [6.07, 6.45) is 1.39. The topological polar surface area (TPSA) is 93.5 Å². The summed E-state index contributed by atoms with van der Waals surface area (Å²) in [7, 11) is 0. The fourth-order valence-electron chi connectivity index (χ4n) is 3.32. The highest BCUT2D eigenvalue weighted by molar-refractivity contribution is 5.94. The van der Waals surface area contributed by atoms with Gasteiger partial charge in [-0.25, -0.2) is 0 Å². The number of carbonyl (C=O) groups is 2. The van der Waals surface area contributed by atoms with Crippen molar-refractivity contribution in [2.24, 2.45) is 11.1 Å². The van der Waals surface area contributed by atoms with Crippen LogP contribution in [0.3, 0.4) is 0 Å². The monoisotopic (exact) mass is 397 g/mol. The number of hydrogen-bond donors (Lipinski definition) is 3. The largest absolute Gasteiger partial charge is 0.378 e. The molecule has 1 aromatic carbocycles. The van der Waals surface area contributed by atoms with Crippen LogP contribution in [-0.4, -0.2) is 36.6 Å². The zero-order valence-electron chi connectivity index (χ0n) is 16.6. The van der Waals surface area contributed by atoms with Crippen LogP contribution in [0, 0.1) is 5.41 Å². The molecule has 27 heavy (non-hydrogen) atoms. The Hall–Kier alpha value is -1.63. The first kappa shape index (κ1) is 23.4. The standard InChI is InChI=1S/C20H31N3O3.ClH/c1-5-10-22-17(24)15-9-7-8-14(11-15)13-23-18(25)20(21)12-16(26-6-2)19(20,3)4;/h7-9,11,16H,5-6,10,12-13,21H2,1-4H3,(H,22,24)(H,23,25);1H. The van der Waals surface area contributed by atoms with Crippen LogP contribution >= 0.6 is 12.4 Å². The molecule has 2 atom stereocenters. The number of benzene rings is 1. The summed E-state index contributed by atoms with van der Waals surface area (Å²) >= 11 is 0. The van der Waals surface area contributed by atoms with Crippen molar-refractivity contribution < 1.29 is 14.3 Å². The van der Waals surface area contributed by atoms with Crippen molar-refractivity contribution in [3.8, 4) is 0 Å². The molecular weight excluding hydrogens is 366 g/mol. The lowest BCUT2D eigenvalue weighted by Crippen LogP contribution is -2.75. The molecule has 0 heterocycles. The summed E-state index contributed by atoms with van der Waals surface area (Å²) in [6.45, 7) is 9.47. The Bertz CT molecular complexity index is 666. The minimum absolute atomic E-state index is 0. The molecule has 1 aliphatic carbocycles. The number of rotatable bonds is 8. The number of halogens is 1. The van der Waals surface area contributed by atoms with Crippen LogP contribution in [0.2, 0.25) is 0 Å². The maximum absolute atomic E-state index is 12.7. The summed E-state index contributed by atoms with van der Waals surface area (Å²) in [5.74, 6) is -0.283. The highest BCUT2D eigenvalue weighted by Crippen LogP contribution is 2.49. The van der Waals surface area contributed by atoms with E-state index in [-0.39, 0.29) is 30.3 Å². The molecule has 2 unspecified atom stereocenters. The van der Waals surface area contributed by atoms with Gasteiger partial charge < -0.3 is 21.1 Å². The number of nitrogens with two attached hydrogens (primary N) is 1. The second-order valence-electron chi connectivity index (χ2n) is 7.48. The van der Waals surface area contributed by atoms with E-state index in [1.54, 1.807) is 12.1 Å². The number of carbonyl (C=O) groups excluding carboxylic acids is 2. The number of nitrogens with one attached hydrogen (secondary N) is 2. The van der Waals surface area contributed by atoms with Crippen molar-refractivity contribution in [3.63, 3.8) is 0 Å². The molecule has 4 N–H and O–H groups in total. The summed E-state index contributed by atoms with van der Waals surface area (Å²) < 4.78 is 5.67. The van der Waals surface area contributed by atoms with E-state index < -0.39 is 11.0 Å². The Morgan fingerprint density at radius 2 is 1.96 bits per heavy atom. The Morgan fingerprint density at radius 3 is 2.56 bits per heavy atom. The van der Waals surface area contributed by atoms with Gasteiger partial charge in [-0.2, -0.15) is 0 Å². The molecule has 1 fully saturated rings. The second kappa shape index (κ2) is 9.53. The van der Waals surface area contributed by atoms with Gasteiger partial charge in [0.2, 0.25) is 5.91 Å². The lowest BCUT2D eigenvalue weighted by Gasteiger charge is -2.57. The fourth-order valence-corrected chi connectivity index (χ4v) is 3.32. The molecule has 0 aliphatic heterocycles. The van der Waals surface area contributed by atoms with Gasteiger partial charge in [0.05, 0.1) is 6.10 Å². The third-order valence-electron chi connectivity index (χ3n) is 5.41. The molecule has 1 saturated carbocycles. The number of ether oxygens (including phenoxy) is 1. The summed E-state index contributed by atoms with van der Waals surface area (Å²) in [4.78, 5) is 24.7.